The molecule has 3 nitrogen and oxygen atoms in total. The van der Waals surface area contributed by atoms with Gasteiger partial charge in [-0.2, -0.15) is 0 Å². The van der Waals surface area contributed by atoms with E-state index in [4.69, 9.17) is 0 Å². The lowest BCUT2D eigenvalue weighted by Crippen LogP contribution is -2.33. The molecule has 19 heavy (non-hydrogen) atoms. The Morgan fingerprint density at radius 2 is 1.84 bits per heavy atom. The summed E-state index contributed by atoms with van der Waals surface area (Å²) in [5, 5.41) is 0. The third kappa shape index (κ3) is 2.83. The third-order valence-electron chi connectivity index (χ3n) is 3.69. The lowest BCUT2D eigenvalue weighted by molar-refractivity contribution is -0.125. The van der Waals surface area contributed by atoms with Gasteiger partial charge in [-0.25, -0.2) is 4.39 Å². The molecule has 1 aromatic carbocycles. The van der Waals surface area contributed by atoms with Crippen molar-refractivity contribution in [2.24, 2.45) is 11.3 Å². The van der Waals surface area contributed by atoms with Gasteiger partial charge in [-0.15, -0.1) is 0 Å². The Kier molecular flexibility index (Phi) is 3.43. The number of nitrogens with zero attached hydrogens (tertiary/aromatic N) is 1. The van der Waals surface area contributed by atoms with Gasteiger partial charge in [0.05, 0.1) is 0 Å². The second kappa shape index (κ2) is 4.76. The smallest absolute Gasteiger partial charge is 0.260 e. The Balaban J connectivity index is 2.17. The van der Waals surface area contributed by atoms with E-state index in [0.717, 1.165) is 0 Å². The first-order chi connectivity index (χ1) is 8.79. The molecule has 0 radical (unpaired) electrons. The lowest BCUT2D eigenvalue weighted by Gasteiger charge is -2.26. The van der Waals surface area contributed by atoms with Crippen molar-refractivity contribution in [3.8, 4) is 0 Å². The van der Waals surface area contributed by atoms with E-state index in [2.05, 4.69) is 20.8 Å². The van der Waals surface area contributed by atoms with Gasteiger partial charge >= 0.3 is 0 Å². The second-order valence-corrected chi connectivity index (χ2v) is 6.08. The van der Waals surface area contributed by atoms with Crippen LogP contribution in [0.15, 0.2) is 24.3 Å². The summed E-state index contributed by atoms with van der Waals surface area (Å²) < 4.78 is 12.8. The minimum absolute atomic E-state index is 0.00646. The summed E-state index contributed by atoms with van der Waals surface area (Å²) >= 11 is 0. The van der Waals surface area contributed by atoms with Gasteiger partial charge in [0.1, 0.15) is 5.82 Å². The van der Waals surface area contributed by atoms with E-state index in [0.29, 0.717) is 18.5 Å². The van der Waals surface area contributed by atoms with Crippen molar-refractivity contribution in [1.29, 1.82) is 0 Å². The first-order valence-electron chi connectivity index (χ1n) is 6.39. The van der Waals surface area contributed by atoms with Gasteiger partial charge in [0, 0.05) is 18.5 Å². The number of benzene rings is 1. The Morgan fingerprint density at radius 3 is 2.32 bits per heavy atom. The molecule has 0 aromatic heterocycles. The molecule has 1 heterocycles. The zero-order valence-electron chi connectivity index (χ0n) is 11.4. The van der Waals surface area contributed by atoms with Crippen LogP contribution < -0.4 is 0 Å². The van der Waals surface area contributed by atoms with Crippen molar-refractivity contribution in [2.45, 2.75) is 27.2 Å². The quantitative estimate of drug-likeness (QED) is 0.731. The van der Waals surface area contributed by atoms with Crippen LogP contribution in [-0.2, 0) is 4.79 Å². The lowest BCUT2D eigenvalue weighted by atomic mass is 9.80. The average Bonchev–Trinajstić information content (AvgIpc) is 2.71. The van der Waals surface area contributed by atoms with E-state index in [9.17, 15) is 14.0 Å². The van der Waals surface area contributed by atoms with E-state index in [-0.39, 0.29) is 23.1 Å². The van der Waals surface area contributed by atoms with Crippen LogP contribution in [0.1, 0.15) is 37.6 Å². The van der Waals surface area contributed by atoms with Crippen LogP contribution in [0.3, 0.4) is 0 Å². The van der Waals surface area contributed by atoms with Crippen LogP contribution in [0.4, 0.5) is 4.39 Å². The molecule has 0 saturated carbocycles. The molecule has 1 unspecified atom stereocenters. The molecule has 1 aliphatic heterocycles. The first-order valence-corrected chi connectivity index (χ1v) is 6.39. The zero-order valence-corrected chi connectivity index (χ0v) is 11.4. The summed E-state index contributed by atoms with van der Waals surface area (Å²) in [4.78, 5) is 25.4. The zero-order chi connectivity index (χ0) is 14.2. The third-order valence-corrected chi connectivity index (χ3v) is 3.69. The van der Waals surface area contributed by atoms with Crippen molar-refractivity contribution in [1.82, 2.24) is 4.90 Å². The maximum atomic E-state index is 12.8. The maximum absolute atomic E-state index is 12.8. The van der Waals surface area contributed by atoms with E-state index in [1.54, 1.807) is 0 Å². The van der Waals surface area contributed by atoms with Gasteiger partial charge in [-0.05, 0) is 35.6 Å². The fourth-order valence-corrected chi connectivity index (χ4v) is 2.23. The van der Waals surface area contributed by atoms with E-state index in [1.165, 1.54) is 29.2 Å². The van der Waals surface area contributed by atoms with Crippen molar-refractivity contribution in [3.05, 3.63) is 35.6 Å². The summed E-state index contributed by atoms with van der Waals surface area (Å²) in [6.45, 7) is 6.64. The topological polar surface area (TPSA) is 37.4 Å². The number of carbonyl (C=O) groups excluding carboxylic acids is 2. The molecular formula is C15H18FNO2. The van der Waals surface area contributed by atoms with Crippen molar-refractivity contribution < 1.29 is 14.0 Å². The average molecular weight is 263 g/mol. The molecule has 4 heteroatoms. The highest BCUT2D eigenvalue weighted by atomic mass is 19.1. The minimum atomic E-state index is -0.392. The van der Waals surface area contributed by atoms with Gasteiger partial charge in [-0.3, -0.25) is 14.5 Å². The summed E-state index contributed by atoms with van der Waals surface area (Å²) in [6.07, 6.45) is 0.399. The molecule has 2 amide bonds. The van der Waals surface area contributed by atoms with Gasteiger partial charge in [0.25, 0.3) is 5.91 Å². The monoisotopic (exact) mass is 263 g/mol. The Hall–Kier alpha value is -1.71. The number of hydrogen-bond acceptors (Lipinski definition) is 2. The molecule has 0 aliphatic carbocycles. The summed E-state index contributed by atoms with van der Waals surface area (Å²) in [5.41, 5.74) is 0.345. The predicted octanol–water partition coefficient (Wildman–Crippen LogP) is 2.86. The summed E-state index contributed by atoms with van der Waals surface area (Å²) in [7, 11) is 0. The predicted molar refractivity (Wildman–Crippen MR) is 70.0 cm³/mol. The Bertz CT molecular complexity index is 502. The van der Waals surface area contributed by atoms with Crippen LogP contribution in [0, 0.1) is 17.2 Å². The number of carbonyl (C=O) groups is 2. The van der Waals surface area contributed by atoms with Crippen LogP contribution in [-0.4, -0.2) is 23.3 Å². The van der Waals surface area contributed by atoms with E-state index >= 15 is 0 Å². The highest BCUT2D eigenvalue weighted by molar-refractivity contribution is 6.05. The fraction of sp³-hybridized carbons (Fsp3) is 0.467. The van der Waals surface area contributed by atoms with Crippen LogP contribution in [0.5, 0.6) is 0 Å². The molecule has 0 spiro atoms. The second-order valence-electron chi connectivity index (χ2n) is 6.08. The molecule has 1 atom stereocenters. The van der Waals surface area contributed by atoms with Crippen LogP contribution in [0.25, 0.3) is 0 Å². The number of hydrogen-bond donors (Lipinski definition) is 0. The van der Waals surface area contributed by atoms with E-state index in [1.807, 2.05) is 0 Å². The highest BCUT2D eigenvalue weighted by Gasteiger charge is 2.39. The first kappa shape index (κ1) is 13.7. The molecule has 102 valence electrons. The van der Waals surface area contributed by atoms with Crippen molar-refractivity contribution >= 4 is 11.8 Å². The molecule has 1 aromatic rings. The Labute approximate surface area is 112 Å². The molecule has 1 fully saturated rings. The molecule has 2 rings (SSSR count). The maximum Gasteiger partial charge on any atom is 0.260 e. The largest absolute Gasteiger partial charge is 0.278 e. The van der Waals surface area contributed by atoms with Gasteiger partial charge in [-0.1, -0.05) is 20.8 Å². The van der Waals surface area contributed by atoms with Crippen molar-refractivity contribution in [3.63, 3.8) is 0 Å². The molecule has 0 bridgehead atoms. The number of likely N-dealkylation sites (tertiary alicyclic amines) is 1. The molecule has 1 aliphatic rings. The van der Waals surface area contributed by atoms with Gasteiger partial charge < -0.3 is 0 Å². The van der Waals surface area contributed by atoms with E-state index < -0.39 is 5.82 Å². The number of imide groups is 1. The number of amides is 2. The van der Waals surface area contributed by atoms with Gasteiger partial charge in [0.15, 0.2) is 0 Å². The molecule has 0 N–H and O–H groups in total. The normalized spacial score (nSPS) is 19.9. The molecule has 1 saturated heterocycles. The summed E-state index contributed by atoms with van der Waals surface area (Å²) in [5.74, 6) is -0.702. The number of rotatable bonds is 1. The Morgan fingerprint density at radius 1 is 1.26 bits per heavy atom. The minimum Gasteiger partial charge on any atom is -0.278 e. The standard InChI is InChI=1S/C15H18FNO2/c1-15(2,3)11-8-13(18)17(9-11)14(19)10-4-6-12(16)7-5-10/h4-7,11H,8-9H2,1-3H3. The van der Waals surface area contributed by atoms with Crippen LogP contribution in [0.2, 0.25) is 0 Å². The van der Waals surface area contributed by atoms with Crippen LogP contribution >= 0.6 is 0 Å². The fourth-order valence-electron chi connectivity index (χ4n) is 2.23. The number of halogens is 1. The summed E-state index contributed by atoms with van der Waals surface area (Å²) in [6, 6.07) is 5.29. The molecular weight excluding hydrogens is 245 g/mol. The highest BCUT2D eigenvalue weighted by Crippen LogP contribution is 2.34. The van der Waals surface area contributed by atoms with Gasteiger partial charge in [0.2, 0.25) is 5.91 Å². The SMILES string of the molecule is CC(C)(C)C1CC(=O)N(C(=O)c2ccc(F)cc2)C1. The van der Waals surface area contributed by atoms with Crippen molar-refractivity contribution in [2.75, 3.05) is 6.54 Å².